The van der Waals surface area contributed by atoms with Gasteiger partial charge in [-0.05, 0) is 51.6 Å². The van der Waals surface area contributed by atoms with Crippen LogP contribution in [0.25, 0.3) is 0 Å². The zero-order chi connectivity index (χ0) is 14.8. The van der Waals surface area contributed by atoms with E-state index < -0.39 is 0 Å². The molecule has 2 unspecified atom stereocenters. The van der Waals surface area contributed by atoms with Crippen molar-refractivity contribution < 1.29 is 0 Å². The second-order valence-electron chi connectivity index (χ2n) is 6.62. The molecule has 0 aromatic carbocycles. The summed E-state index contributed by atoms with van der Waals surface area (Å²) < 4.78 is 2.19. The van der Waals surface area contributed by atoms with Crippen LogP contribution >= 0.6 is 0 Å². The molecule has 2 bridgehead atoms. The van der Waals surface area contributed by atoms with Gasteiger partial charge in [0.05, 0.1) is 11.4 Å². The third kappa shape index (κ3) is 3.16. The van der Waals surface area contributed by atoms with Crippen molar-refractivity contribution in [3.8, 4) is 0 Å². The van der Waals surface area contributed by atoms with Crippen LogP contribution in [0.1, 0.15) is 57.8 Å². The summed E-state index contributed by atoms with van der Waals surface area (Å²) in [6.07, 6.45) is 6.44. The zero-order valence-corrected chi connectivity index (χ0v) is 13.8. The monoisotopic (exact) mass is 290 g/mol. The molecule has 1 N–H and O–H groups in total. The van der Waals surface area contributed by atoms with Gasteiger partial charge in [0, 0.05) is 31.2 Å². The van der Waals surface area contributed by atoms with Crippen molar-refractivity contribution in [1.82, 2.24) is 20.0 Å². The van der Waals surface area contributed by atoms with Crippen LogP contribution in [0.4, 0.5) is 0 Å². The third-order valence-corrected chi connectivity index (χ3v) is 5.31. The van der Waals surface area contributed by atoms with Crippen LogP contribution in [0.15, 0.2) is 6.07 Å². The Labute approximate surface area is 128 Å². The lowest BCUT2D eigenvalue weighted by atomic mass is 9.98. The van der Waals surface area contributed by atoms with Crippen molar-refractivity contribution in [2.75, 3.05) is 6.54 Å². The van der Waals surface area contributed by atoms with Crippen LogP contribution in [0.2, 0.25) is 0 Å². The van der Waals surface area contributed by atoms with Crippen molar-refractivity contribution in [3.05, 3.63) is 17.5 Å². The van der Waals surface area contributed by atoms with Gasteiger partial charge in [-0.3, -0.25) is 9.58 Å². The maximum atomic E-state index is 4.70. The SMILES string of the molecule is CCc1cc(CN(CC)C2CC3CCC(C2)N3)n(CC)n1. The van der Waals surface area contributed by atoms with E-state index in [1.54, 1.807) is 0 Å². The van der Waals surface area contributed by atoms with Crippen LogP contribution in [0.3, 0.4) is 0 Å². The van der Waals surface area contributed by atoms with Crippen molar-refractivity contribution >= 4 is 0 Å². The summed E-state index contributed by atoms with van der Waals surface area (Å²) in [4.78, 5) is 2.68. The van der Waals surface area contributed by atoms with Gasteiger partial charge in [-0.25, -0.2) is 0 Å². The molecule has 21 heavy (non-hydrogen) atoms. The van der Waals surface area contributed by atoms with E-state index in [2.05, 4.69) is 41.7 Å². The van der Waals surface area contributed by atoms with Gasteiger partial charge in [0.15, 0.2) is 0 Å². The van der Waals surface area contributed by atoms with Gasteiger partial charge in [-0.1, -0.05) is 13.8 Å². The molecule has 3 rings (SSSR count). The van der Waals surface area contributed by atoms with Gasteiger partial charge in [0.25, 0.3) is 0 Å². The van der Waals surface area contributed by atoms with E-state index in [9.17, 15) is 0 Å². The number of aryl methyl sites for hydroxylation is 2. The molecule has 0 saturated carbocycles. The molecule has 2 aliphatic heterocycles. The van der Waals surface area contributed by atoms with E-state index in [0.29, 0.717) is 0 Å². The first-order valence-electron chi connectivity index (χ1n) is 8.79. The van der Waals surface area contributed by atoms with Crippen molar-refractivity contribution in [2.24, 2.45) is 0 Å². The Kier molecular flexibility index (Phi) is 4.65. The predicted molar refractivity (Wildman–Crippen MR) is 86.3 cm³/mol. The van der Waals surface area contributed by atoms with Crippen LogP contribution in [-0.2, 0) is 19.5 Å². The highest BCUT2D eigenvalue weighted by Gasteiger charge is 2.35. The summed E-state index contributed by atoms with van der Waals surface area (Å²) in [5.74, 6) is 0. The summed E-state index contributed by atoms with van der Waals surface area (Å²) in [7, 11) is 0. The highest BCUT2D eigenvalue weighted by molar-refractivity contribution is 5.11. The van der Waals surface area contributed by atoms with Crippen LogP contribution in [0, 0.1) is 0 Å². The topological polar surface area (TPSA) is 33.1 Å². The summed E-state index contributed by atoms with van der Waals surface area (Å²) in [5, 5.41) is 8.45. The number of hydrogen-bond acceptors (Lipinski definition) is 3. The average Bonchev–Trinajstić information content (AvgIpc) is 3.07. The Morgan fingerprint density at radius 2 is 1.95 bits per heavy atom. The number of piperidine rings is 1. The lowest BCUT2D eigenvalue weighted by molar-refractivity contribution is 0.137. The van der Waals surface area contributed by atoms with Crippen molar-refractivity contribution in [2.45, 2.75) is 84.1 Å². The van der Waals surface area contributed by atoms with E-state index in [1.165, 1.54) is 37.1 Å². The summed E-state index contributed by atoms with van der Waals surface area (Å²) >= 11 is 0. The predicted octanol–water partition coefficient (Wildman–Crippen LogP) is 2.57. The molecule has 118 valence electrons. The Hall–Kier alpha value is -0.870. The average molecular weight is 290 g/mol. The van der Waals surface area contributed by atoms with Crippen LogP contribution in [-0.4, -0.2) is 39.4 Å². The van der Waals surface area contributed by atoms with Gasteiger partial charge in [-0.15, -0.1) is 0 Å². The summed E-state index contributed by atoms with van der Waals surface area (Å²) in [5.41, 5.74) is 2.62. The fourth-order valence-electron chi connectivity index (χ4n) is 4.12. The minimum atomic E-state index is 0.749. The Bertz CT molecular complexity index is 455. The molecule has 4 nitrogen and oxygen atoms in total. The minimum absolute atomic E-state index is 0.749. The van der Waals surface area contributed by atoms with E-state index in [4.69, 9.17) is 5.10 Å². The van der Waals surface area contributed by atoms with Crippen molar-refractivity contribution in [3.63, 3.8) is 0 Å². The van der Waals surface area contributed by atoms with Gasteiger partial charge >= 0.3 is 0 Å². The van der Waals surface area contributed by atoms with E-state index >= 15 is 0 Å². The number of hydrogen-bond donors (Lipinski definition) is 1. The Morgan fingerprint density at radius 3 is 2.52 bits per heavy atom. The highest BCUT2D eigenvalue weighted by Crippen LogP contribution is 2.30. The van der Waals surface area contributed by atoms with Gasteiger partial charge in [0.2, 0.25) is 0 Å². The Morgan fingerprint density at radius 1 is 1.24 bits per heavy atom. The molecular formula is C17H30N4. The fraction of sp³-hybridized carbons (Fsp3) is 0.824. The molecular weight excluding hydrogens is 260 g/mol. The quantitative estimate of drug-likeness (QED) is 0.874. The molecule has 2 saturated heterocycles. The second kappa shape index (κ2) is 6.49. The maximum Gasteiger partial charge on any atom is 0.0625 e. The first-order valence-corrected chi connectivity index (χ1v) is 8.79. The molecule has 2 atom stereocenters. The molecule has 0 aliphatic carbocycles. The lowest BCUT2D eigenvalue weighted by Crippen LogP contribution is -2.48. The Balaban J connectivity index is 1.70. The zero-order valence-electron chi connectivity index (χ0n) is 13.8. The number of fused-ring (bicyclic) bond motifs is 2. The molecule has 0 amide bonds. The first kappa shape index (κ1) is 15.0. The number of nitrogens with one attached hydrogen (secondary N) is 1. The van der Waals surface area contributed by atoms with Crippen molar-refractivity contribution in [1.29, 1.82) is 0 Å². The maximum absolute atomic E-state index is 4.70. The minimum Gasteiger partial charge on any atom is -0.311 e. The van der Waals surface area contributed by atoms with Gasteiger partial charge in [0.1, 0.15) is 0 Å². The van der Waals surface area contributed by atoms with E-state index in [1.807, 2.05) is 0 Å². The number of aromatic nitrogens is 2. The third-order valence-electron chi connectivity index (χ3n) is 5.31. The lowest BCUT2D eigenvalue weighted by Gasteiger charge is -2.37. The first-order chi connectivity index (χ1) is 10.2. The van der Waals surface area contributed by atoms with Crippen LogP contribution < -0.4 is 5.32 Å². The molecule has 0 spiro atoms. The van der Waals surface area contributed by atoms with E-state index in [0.717, 1.165) is 44.2 Å². The molecule has 2 fully saturated rings. The molecule has 3 heterocycles. The molecule has 1 aromatic heterocycles. The number of nitrogens with zero attached hydrogens (tertiary/aromatic N) is 3. The molecule has 0 radical (unpaired) electrons. The molecule has 4 heteroatoms. The largest absolute Gasteiger partial charge is 0.311 e. The number of rotatable bonds is 6. The van der Waals surface area contributed by atoms with Gasteiger partial charge in [-0.2, -0.15) is 5.10 Å². The van der Waals surface area contributed by atoms with Gasteiger partial charge < -0.3 is 5.32 Å². The van der Waals surface area contributed by atoms with E-state index in [-0.39, 0.29) is 0 Å². The highest BCUT2D eigenvalue weighted by atomic mass is 15.3. The fourth-order valence-corrected chi connectivity index (χ4v) is 4.12. The normalized spacial score (nSPS) is 28.5. The van der Waals surface area contributed by atoms with Crippen LogP contribution in [0.5, 0.6) is 0 Å². The summed E-state index contributed by atoms with van der Waals surface area (Å²) in [6.45, 7) is 9.86. The molecule has 1 aromatic rings. The second-order valence-corrected chi connectivity index (χ2v) is 6.62. The standard InChI is InChI=1S/C17H30N4/c1-4-13-9-17(21(6-3)19-13)12-20(5-2)16-10-14-7-8-15(11-16)18-14/h9,14-16,18H,4-8,10-12H2,1-3H3. The summed E-state index contributed by atoms with van der Waals surface area (Å²) in [6, 6.07) is 4.59. The molecule has 2 aliphatic rings. The smallest absolute Gasteiger partial charge is 0.0625 e.